The van der Waals surface area contributed by atoms with E-state index in [0.29, 0.717) is 22.9 Å². The molecule has 1 spiro atoms. The number of hydrogen-bond acceptors (Lipinski definition) is 4. The number of amidine groups is 1. The van der Waals surface area contributed by atoms with Gasteiger partial charge in [0.15, 0.2) is 0 Å². The van der Waals surface area contributed by atoms with Crippen molar-refractivity contribution in [2.75, 3.05) is 26.2 Å². The predicted octanol–water partition coefficient (Wildman–Crippen LogP) is 10.4. The van der Waals surface area contributed by atoms with Gasteiger partial charge in [-0.1, -0.05) is 63.4 Å². The molecule has 7 rings (SSSR count). The number of nitrogens with zero attached hydrogens (tertiary/aromatic N) is 4. The van der Waals surface area contributed by atoms with Crippen molar-refractivity contribution in [1.82, 2.24) is 20.0 Å². The number of benzene rings is 2. The highest BCUT2D eigenvalue weighted by Gasteiger charge is 2.78. The zero-order chi connectivity index (χ0) is 36.8. The van der Waals surface area contributed by atoms with E-state index in [1.54, 1.807) is 12.3 Å². The highest BCUT2D eigenvalue weighted by molar-refractivity contribution is 5.82. The van der Waals surface area contributed by atoms with Crippen LogP contribution in [0.15, 0.2) is 96.1 Å². The van der Waals surface area contributed by atoms with E-state index in [9.17, 15) is 0 Å². The molecule has 2 saturated carbocycles. The highest BCUT2D eigenvalue weighted by Crippen LogP contribution is 2.83. The van der Waals surface area contributed by atoms with Gasteiger partial charge in [0.2, 0.25) is 0 Å². The fourth-order valence-electron chi connectivity index (χ4n) is 10.3. The van der Waals surface area contributed by atoms with Gasteiger partial charge in [0.05, 0.1) is 6.04 Å². The molecular formula is C46H60FN5. The Morgan fingerprint density at radius 3 is 2.52 bits per heavy atom. The van der Waals surface area contributed by atoms with Crippen LogP contribution in [0, 0.1) is 23.1 Å². The average molecular weight is 702 g/mol. The molecule has 6 heteroatoms. The highest BCUT2D eigenvalue weighted by atomic mass is 19.1. The molecule has 2 aromatic rings. The summed E-state index contributed by atoms with van der Waals surface area (Å²) in [5, 5.41) is 3.58. The summed E-state index contributed by atoms with van der Waals surface area (Å²) in [6, 6.07) is 12.9. The Morgan fingerprint density at radius 1 is 1.10 bits per heavy atom. The lowest BCUT2D eigenvalue weighted by Gasteiger charge is -2.35. The summed E-state index contributed by atoms with van der Waals surface area (Å²) < 4.78 is 16.2. The van der Waals surface area contributed by atoms with Gasteiger partial charge in [-0.3, -0.25) is 0 Å². The van der Waals surface area contributed by atoms with E-state index in [2.05, 4.69) is 102 Å². The Bertz CT molecular complexity index is 1820. The van der Waals surface area contributed by atoms with Crippen LogP contribution in [0.25, 0.3) is 16.8 Å². The van der Waals surface area contributed by atoms with Gasteiger partial charge in [-0.15, -0.1) is 0 Å². The number of nitrogens with one attached hydrogen (secondary N) is 1. The van der Waals surface area contributed by atoms with Gasteiger partial charge in [-0.25, -0.2) is 9.38 Å². The van der Waals surface area contributed by atoms with Crippen molar-refractivity contribution >= 4 is 11.5 Å². The largest absolute Gasteiger partial charge is 0.355 e. The fraction of sp³-hybridized carbons (Fsp3) is 0.500. The molecule has 1 N–H and O–H groups in total. The molecule has 4 fully saturated rings. The Hall–Kier alpha value is -3.90. The Morgan fingerprint density at radius 2 is 1.85 bits per heavy atom. The molecule has 0 radical (unpaired) electrons. The second kappa shape index (κ2) is 14.5. The predicted molar refractivity (Wildman–Crippen MR) is 216 cm³/mol. The minimum Gasteiger partial charge on any atom is -0.355 e. The minimum absolute atomic E-state index is 0.167. The first-order chi connectivity index (χ1) is 25.1. The molecule has 3 heterocycles. The lowest BCUT2D eigenvalue weighted by molar-refractivity contribution is 0.181. The topological polar surface area (TPSA) is 34.1 Å². The molecule has 0 amide bonds. The first-order valence-corrected chi connectivity index (χ1v) is 19.9. The van der Waals surface area contributed by atoms with Crippen LogP contribution in [0.2, 0.25) is 0 Å². The van der Waals surface area contributed by atoms with Crippen LogP contribution in [0.4, 0.5) is 4.39 Å². The number of rotatable bonds is 11. The molecule has 0 aromatic heterocycles. The molecule has 2 saturated heterocycles. The first-order valence-electron chi connectivity index (χ1n) is 19.9. The van der Waals surface area contributed by atoms with Crippen molar-refractivity contribution < 1.29 is 4.39 Å². The summed E-state index contributed by atoms with van der Waals surface area (Å²) >= 11 is 0. The molecule has 4 atom stereocenters. The maximum atomic E-state index is 16.2. The third-order valence-corrected chi connectivity index (χ3v) is 13.5. The Kier molecular flexibility index (Phi) is 10.2. The summed E-state index contributed by atoms with van der Waals surface area (Å²) in [5.74, 6) is 2.35. The quantitative estimate of drug-likeness (QED) is 0.187. The minimum atomic E-state index is -0.169. The van der Waals surface area contributed by atoms with Crippen molar-refractivity contribution in [2.24, 2.45) is 22.2 Å². The molecule has 3 aliphatic heterocycles. The zero-order valence-corrected chi connectivity index (χ0v) is 32.6. The summed E-state index contributed by atoms with van der Waals surface area (Å²) in [5.41, 5.74) is 10.2. The molecule has 5 aliphatic rings. The second-order valence-corrected chi connectivity index (χ2v) is 16.4. The lowest BCUT2D eigenvalue weighted by Crippen LogP contribution is -2.40. The van der Waals surface area contributed by atoms with Crippen LogP contribution in [0.1, 0.15) is 103 Å². The van der Waals surface area contributed by atoms with Crippen LogP contribution < -0.4 is 5.32 Å². The van der Waals surface area contributed by atoms with Crippen molar-refractivity contribution in [3.05, 3.63) is 114 Å². The van der Waals surface area contributed by atoms with E-state index < -0.39 is 0 Å². The van der Waals surface area contributed by atoms with Crippen molar-refractivity contribution in [3.8, 4) is 11.1 Å². The number of fused-ring (bicyclic) bond motifs is 1. The molecule has 0 bridgehead atoms. The van der Waals surface area contributed by atoms with E-state index in [0.717, 1.165) is 65.1 Å². The normalized spacial score (nSPS) is 28.2. The van der Waals surface area contributed by atoms with Gasteiger partial charge < -0.3 is 20.0 Å². The number of piperidine rings is 1. The summed E-state index contributed by atoms with van der Waals surface area (Å²) in [4.78, 5) is 11.8. The van der Waals surface area contributed by atoms with Gasteiger partial charge in [-0.05, 0) is 144 Å². The van der Waals surface area contributed by atoms with E-state index in [1.807, 2.05) is 26.1 Å². The molecule has 5 nitrogen and oxygen atoms in total. The monoisotopic (exact) mass is 701 g/mol. The van der Waals surface area contributed by atoms with Gasteiger partial charge in [0, 0.05) is 59.5 Å². The fourth-order valence-corrected chi connectivity index (χ4v) is 10.3. The van der Waals surface area contributed by atoms with E-state index in [4.69, 9.17) is 0 Å². The maximum Gasteiger partial charge on any atom is 0.129 e. The summed E-state index contributed by atoms with van der Waals surface area (Å²) in [7, 11) is 0. The summed E-state index contributed by atoms with van der Waals surface area (Å²) in [6.45, 7) is 26.9. The third kappa shape index (κ3) is 6.39. The number of hydrogen-bond donors (Lipinski definition) is 1. The number of allylic oxidation sites excluding steroid dienone is 3. The zero-order valence-electron chi connectivity index (χ0n) is 32.6. The van der Waals surface area contributed by atoms with Crippen LogP contribution in [-0.4, -0.2) is 52.8 Å². The maximum absolute atomic E-state index is 16.2. The van der Waals surface area contributed by atoms with Crippen molar-refractivity contribution in [1.29, 1.82) is 0 Å². The van der Waals surface area contributed by atoms with Crippen molar-refractivity contribution in [2.45, 2.75) is 104 Å². The standard InChI is InChI=1S/C46H60FN5/c1-9-21-48-34(8)49-42(10-2)44(32(6)43-14-13-22-51(43)12-4)52-29-40-39(33(52)7)25-36(26-41(40)47)35-15-17-37(18-16-35)45(11-3)30-46(45)27-38(46)28-50-23-19-31(5)20-24-50/h9-10,12,15-18,21,25-26,31,38,44H,4,7,11,13-14,19-20,22-24,27-30H2,1-3,5-6,8H3,(H,48,49)/b21-9-,42-10-,43-32+. The molecule has 52 heavy (non-hydrogen) atoms. The average Bonchev–Trinajstić information content (AvgIpc) is 3.87. The van der Waals surface area contributed by atoms with Gasteiger partial charge in [0.1, 0.15) is 11.7 Å². The Labute approximate surface area is 312 Å². The number of likely N-dealkylation sites (tertiary alicyclic amines) is 2. The van der Waals surface area contributed by atoms with E-state index in [-0.39, 0.29) is 11.9 Å². The molecular weight excluding hydrogens is 642 g/mol. The first kappa shape index (κ1) is 36.5. The Balaban J connectivity index is 1.13. The molecule has 2 aromatic carbocycles. The molecule has 2 aliphatic carbocycles. The van der Waals surface area contributed by atoms with Gasteiger partial charge in [-0.2, -0.15) is 0 Å². The van der Waals surface area contributed by atoms with E-state index in [1.165, 1.54) is 68.6 Å². The molecule has 276 valence electrons. The van der Waals surface area contributed by atoms with Crippen LogP contribution >= 0.6 is 0 Å². The lowest BCUT2D eigenvalue weighted by atomic mass is 9.87. The van der Waals surface area contributed by atoms with Crippen molar-refractivity contribution in [3.63, 3.8) is 0 Å². The van der Waals surface area contributed by atoms with Crippen LogP contribution in [-0.2, 0) is 12.0 Å². The smallest absolute Gasteiger partial charge is 0.129 e. The van der Waals surface area contributed by atoms with Gasteiger partial charge in [0.25, 0.3) is 0 Å². The SMILES string of the molecule is C=CN1CCC/C1=C(/C)C(/C(=C/C)N/C(C)=N/C=C\C)N1Cc2c(F)cc(-c3ccc(C4(CC)CC45CC5CN4CCC(C)CC4)cc3)cc2C1=C. The summed E-state index contributed by atoms with van der Waals surface area (Å²) in [6.07, 6.45) is 16.4. The molecule has 4 unspecified atom stereocenters. The van der Waals surface area contributed by atoms with Crippen LogP contribution in [0.5, 0.6) is 0 Å². The second-order valence-electron chi connectivity index (χ2n) is 16.4. The number of aliphatic imine (C=N–C) groups is 1. The third-order valence-electron chi connectivity index (χ3n) is 13.5. The van der Waals surface area contributed by atoms with E-state index >= 15 is 4.39 Å². The number of halogens is 1. The van der Waals surface area contributed by atoms with Gasteiger partial charge >= 0.3 is 0 Å². The van der Waals surface area contributed by atoms with Crippen LogP contribution in [0.3, 0.4) is 0 Å².